The van der Waals surface area contributed by atoms with Crippen molar-refractivity contribution in [1.29, 1.82) is 0 Å². The zero-order valence-corrected chi connectivity index (χ0v) is 14.6. The van der Waals surface area contributed by atoms with Gasteiger partial charge in [-0.3, -0.25) is 0 Å². The quantitative estimate of drug-likeness (QED) is 0.758. The maximum Gasteiger partial charge on any atom is 0.129 e. The van der Waals surface area contributed by atoms with E-state index in [0.29, 0.717) is 5.92 Å². The van der Waals surface area contributed by atoms with Gasteiger partial charge in [-0.05, 0) is 64.6 Å². The number of nitrogens with one attached hydrogen (secondary N) is 1. The Morgan fingerprint density at radius 3 is 2.43 bits per heavy atom. The lowest BCUT2D eigenvalue weighted by Gasteiger charge is -2.24. The number of pyridine rings is 1. The third-order valence-corrected chi connectivity index (χ3v) is 3.60. The molecule has 4 nitrogen and oxygen atoms in total. The van der Waals surface area contributed by atoms with Crippen molar-refractivity contribution in [1.82, 2.24) is 15.2 Å². The van der Waals surface area contributed by atoms with Crippen LogP contribution in [0.25, 0.3) is 0 Å². The average molecular weight is 292 g/mol. The lowest BCUT2D eigenvalue weighted by molar-refractivity contribution is 0.400. The summed E-state index contributed by atoms with van der Waals surface area (Å²) in [6.45, 7) is 10.7. The summed E-state index contributed by atoms with van der Waals surface area (Å²) < 4.78 is 0. The van der Waals surface area contributed by atoms with E-state index in [4.69, 9.17) is 4.98 Å². The van der Waals surface area contributed by atoms with E-state index in [9.17, 15) is 0 Å². The third kappa shape index (κ3) is 6.02. The molecule has 0 bridgehead atoms. The molecule has 0 saturated carbocycles. The molecule has 0 amide bonds. The van der Waals surface area contributed by atoms with E-state index in [0.717, 1.165) is 38.4 Å². The standard InChI is InChI=1S/C17H32N4/c1-7-21(10-8-9-20(5)6)17-12-15(13-18-4)11-16(19-17)14(2)3/h11-12,14,18H,7-10,13H2,1-6H3. The van der Waals surface area contributed by atoms with Crippen molar-refractivity contribution in [3.05, 3.63) is 23.4 Å². The lowest BCUT2D eigenvalue weighted by atomic mass is 10.1. The van der Waals surface area contributed by atoms with Gasteiger partial charge in [0.2, 0.25) is 0 Å². The molecule has 1 rings (SSSR count). The molecule has 1 aromatic rings. The molecule has 0 fully saturated rings. The molecule has 0 saturated heterocycles. The number of aromatic nitrogens is 1. The minimum absolute atomic E-state index is 0.459. The molecule has 120 valence electrons. The van der Waals surface area contributed by atoms with Gasteiger partial charge < -0.3 is 15.1 Å². The van der Waals surface area contributed by atoms with Crippen LogP contribution < -0.4 is 10.2 Å². The Bertz CT molecular complexity index is 415. The van der Waals surface area contributed by atoms with E-state index in [1.807, 2.05) is 7.05 Å². The van der Waals surface area contributed by atoms with Crippen molar-refractivity contribution >= 4 is 5.82 Å². The first-order valence-corrected chi connectivity index (χ1v) is 8.03. The van der Waals surface area contributed by atoms with Crippen molar-refractivity contribution in [3.63, 3.8) is 0 Å². The molecule has 1 aromatic heterocycles. The fourth-order valence-electron chi connectivity index (χ4n) is 2.37. The van der Waals surface area contributed by atoms with Gasteiger partial charge in [-0.1, -0.05) is 13.8 Å². The monoisotopic (exact) mass is 292 g/mol. The summed E-state index contributed by atoms with van der Waals surface area (Å²) in [7, 11) is 6.24. The van der Waals surface area contributed by atoms with Crippen molar-refractivity contribution in [2.24, 2.45) is 0 Å². The van der Waals surface area contributed by atoms with E-state index in [2.05, 4.69) is 62.1 Å². The highest BCUT2D eigenvalue weighted by Gasteiger charge is 2.11. The van der Waals surface area contributed by atoms with E-state index in [-0.39, 0.29) is 0 Å². The SMILES string of the molecule is CCN(CCCN(C)C)c1cc(CNC)cc(C(C)C)n1. The summed E-state index contributed by atoms with van der Waals surface area (Å²) in [5.41, 5.74) is 2.50. The van der Waals surface area contributed by atoms with Gasteiger partial charge in [-0.25, -0.2) is 4.98 Å². The Balaban J connectivity index is 2.90. The molecule has 0 radical (unpaired) electrons. The van der Waals surface area contributed by atoms with Gasteiger partial charge in [0.15, 0.2) is 0 Å². The maximum absolute atomic E-state index is 4.87. The van der Waals surface area contributed by atoms with Gasteiger partial charge in [0.05, 0.1) is 0 Å². The second-order valence-electron chi connectivity index (χ2n) is 6.18. The number of hydrogen-bond donors (Lipinski definition) is 1. The Morgan fingerprint density at radius 2 is 1.90 bits per heavy atom. The van der Waals surface area contributed by atoms with Crippen molar-refractivity contribution in [3.8, 4) is 0 Å². The Morgan fingerprint density at radius 1 is 1.19 bits per heavy atom. The topological polar surface area (TPSA) is 31.4 Å². The molecule has 21 heavy (non-hydrogen) atoms. The molecular weight excluding hydrogens is 260 g/mol. The predicted molar refractivity (Wildman–Crippen MR) is 92.1 cm³/mol. The molecule has 0 aromatic carbocycles. The summed E-state index contributed by atoms with van der Waals surface area (Å²) in [4.78, 5) is 9.49. The Labute approximate surface area is 130 Å². The molecule has 1 heterocycles. The Kier molecular flexibility index (Phi) is 7.68. The first-order valence-electron chi connectivity index (χ1n) is 8.03. The molecule has 1 N–H and O–H groups in total. The zero-order valence-electron chi connectivity index (χ0n) is 14.6. The fourth-order valence-corrected chi connectivity index (χ4v) is 2.37. The summed E-state index contributed by atoms with van der Waals surface area (Å²) in [6.07, 6.45) is 1.16. The zero-order chi connectivity index (χ0) is 15.8. The van der Waals surface area contributed by atoms with Gasteiger partial charge >= 0.3 is 0 Å². The summed E-state index contributed by atoms with van der Waals surface area (Å²) >= 11 is 0. The molecule has 0 unspecified atom stereocenters. The van der Waals surface area contributed by atoms with Crippen LogP contribution in [0.3, 0.4) is 0 Å². The highest BCUT2D eigenvalue weighted by molar-refractivity contribution is 5.43. The lowest BCUT2D eigenvalue weighted by Crippen LogP contribution is -2.28. The van der Waals surface area contributed by atoms with E-state index >= 15 is 0 Å². The Hall–Kier alpha value is -1.13. The molecule has 0 spiro atoms. The average Bonchev–Trinajstić information content (AvgIpc) is 2.43. The van der Waals surface area contributed by atoms with E-state index in [1.165, 1.54) is 11.3 Å². The summed E-state index contributed by atoms with van der Waals surface area (Å²) in [5.74, 6) is 1.58. The minimum atomic E-state index is 0.459. The van der Waals surface area contributed by atoms with Crippen LogP contribution in [0, 0.1) is 0 Å². The summed E-state index contributed by atoms with van der Waals surface area (Å²) in [5, 5.41) is 3.24. The van der Waals surface area contributed by atoms with Crippen LogP contribution in [0.4, 0.5) is 5.82 Å². The molecule has 0 aliphatic carbocycles. The predicted octanol–water partition coefficient (Wildman–Crippen LogP) is 2.70. The first kappa shape index (κ1) is 17.9. The number of hydrogen-bond acceptors (Lipinski definition) is 4. The number of nitrogens with zero attached hydrogens (tertiary/aromatic N) is 3. The maximum atomic E-state index is 4.87. The molecule has 0 atom stereocenters. The second kappa shape index (κ2) is 9.00. The van der Waals surface area contributed by atoms with Gasteiger partial charge in [-0.15, -0.1) is 0 Å². The van der Waals surface area contributed by atoms with Crippen molar-refractivity contribution < 1.29 is 0 Å². The van der Waals surface area contributed by atoms with Crippen LogP contribution >= 0.6 is 0 Å². The highest BCUT2D eigenvalue weighted by Crippen LogP contribution is 2.20. The van der Waals surface area contributed by atoms with Gasteiger partial charge in [0.1, 0.15) is 5.82 Å². The van der Waals surface area contributed by atoms with Crippen LogP contribution in [0.15, 0.2) is 12.1 Å². The fraction of sp³-hybridized carbons (Fsp3) is 0.706. The molecular formula is C17H32N4. The highest BCUT2D eigenvalue weighted by atomic mass is 15.2. The van der Waals surface area contributed by atoms with Gasteiger partial charge in [0, 0.05) is 25.3 Å². The van der Waals surface area contributed by atoms with Crippen molar-refractivity contribution in [2.75, 3.05) is 45.7 Å². The van der Waals surface area contributed by atoms with Crippen molar-refractivity contribution in [2.45, 2.75) is 39.7 Å². The van der Waals surface area contributed by atoms with E-state index in [1.54, 1.807) is 0 Å². The largest absolute Gasteiger partial charge is 0.357 e. The van der Waals surface area contributed by atoms with E-state index < -0.39 is 0 Å². The van der Waals surface area contributed by atoms with Gasteiger partial charge in [0.25, 0.3) is 0 Å². The normalized spacial score (nSPS) is 11.4. The first-order chi connectivity index (χ1) is 9.97. The van der Waals surface area contributed by atoms with Crippen LogP contribution in [-0.2, 0) is 6.54 Å². The number of anilines is 1. The molecule has 0 aliphatic rings. The smallest absolute Gasteiger partial charge is 0.129 e. The van der Waals surface area contributed by atoms with Crippen LogP contribution in [-0.4, -0.2) is 50.7 Å². The van der Waals surface area contributed by atoms with Crippen LogP contribution in [0.5, 0.6) is 0 Å². The number of rotatable bonds is 9. The van der Waals surface area contributed by atoms with Crippen LogP contribution in [0.2, 0.25) is 0 Å². The minimum Gasteiger partial charge on any atom is -0.357 e. The second-order valence-corrected chi connectivity index (χ2v) is 6.18. The third-order valence-electron chi connectivity index (χ3n) is 3.60. The summed E-state index contributed by atoms with van der Waals surface area (Å²) in [6, 6.07) is 4.44. The van der Waals surface area contributed by atoms with Crippen LogP contribution in [0.1, 0.15) is 44.4 Å². The molecule has 0 aliphatic heterocycles. The molecule has 4 heteroatoms. The van der Waals surface area contributed by atoms with Gasteiger partial charge in [-0.2, -0.15) is 0 Å².